The van der Waals surface area contributed by atoms with E-state index in [4.69, 9.17) is 0 Å². The second-order valence-electron chi connectivity index (χ2n) is 3.35. The Kier molecular flexibility index (Phi) is 3.06. The highest BCUT2D eigenvalue weighted by atomic mass is 19.1. The average molecular weight is 157 g/mol. The van der Waals surface area contributed by atoms with Crippen molar-refractivity contribution in [3.05, 3.63) is 12.2 Å². The van der Waals surface area contributed by atoms with Crippen molar-refractivity contribution in [3.63, 3.8) is 0 Å². The molecule has 11 heavy (non-hydrogen) atoms. The van der Waals surface area contributed by atoms with Gasteiger partial charge in [0.2, 0.25) is 0 Å². The molecule has 0 bridgehead atoms. The zero-order chi connectivity index (χ0) is 8.27. The Hall–Kier alpha value is -0.370. The molecule has 1 heterocycles. The van der Waals surface area contributed by atoms with Gasteiger partial charge in [0.15, 0.2) is 0 Å². The van der Waals surface area contributed by atoms with Crippen LogP contribution in [0, 0.1) is 5.92 Å². The van der Waals surface area contributed by atoms with Crippen LogP contribution in [-0.4, -0.2) is 19.3 Å². The van der Waals surface area contributed by atoms with Gasteiger partial charge in [-0.25, -0.2) is 4.39 Å². The molecule has 1 aliphatic heterocycles. The first-order valence-electron chi connectivity index (χ1n) is 4.22. The normalized spacial score (nSPS) is 28.0. The first-order valence-corrected chi connectivity index (χ1v) is 4.22. The van der Waals surface area contributed by atoms with Crippen LogP contribution >= 0.6 is 0 Å². The molecule has 2 unspecified atom stereocenters. The van der Waals surface area contributed by atoms with Gasteiger partial charge in [0, 0.05) is 12.5 Å². The Labute approximate surface area is 67.7 Å². The van der Waals surface area contributed by atoms with Gasteiger partial charge in [0.1, 0.15) is 6.17 Å². The van der Waals surface area contributed by atoms with Gasteiger partial charge in [-0.05, 0) is 31.9 Å². The van der Waals surface area contributed by atoms with Gasteiger partial charge in [0.05, 0.1) is 0 Å². The van der Waals surface area contributed by atoms with Crippen LogP contribution in [0.4, 0.5) is 4.39 Å². The summed E-state index contributed by atoms with van der Waals surface area (Å²) in [5, 5.41) is 3.19. The fourth-order valence-corrected chi connectivity index (χ4v) is 1.53. The summed E-state index contributed by atoms with van der Waals surface area (Å²) in [6.07, 6.45) is 1.29. The number of alkyl halides is 1. The summed E-state index contributed by atoms with van der Waals surface area (Å²) >= 11 is 0. The monoisotopic (exact) mass is 157 g/mol. The molecule has 0 amide bonds. The van der Waals surface area contributed by atoms with Gasteiger partial charge in [-0.15, -0.1) is 0 Å². The molecular weight excluding hydrogens is 141 g/mol. The zero-order valence-electron chi connectivity index (χ0n) is 7.07. The Bertz CT molecular complexity index is 138. The van der Waals surface area contributed by atoms with Crippen LogP contribution in [0.2, 0.25) is 0 Å². The molecule has 0 aromatic carbocycles. The Morgan fingerprint density at radius 3 is 2.91 bits per heavy atom. The first-order chi connectivity index (χ1) is 5.22. The number of halogens is 1. The number of allylic oxidation sites excluding steroid dienone is 1. The van der Waals surface area contributed by atoms with Crippen LogP contribution in [0.15, 0.2) is 12.2 Å². The largest absolute Gasteiger partial charge is 0.316 e. The second-order valence-corrected chi connectivity index (χ2v) is 3.35. The van der Waals surface area contributed by atoms with Crippen molar-refractivity contribution in [2.24, 2.45) is 5.92 Å². The van der Waals surface area contributed by atoms with Gasteiger partial charge in [-0.1, -0.05) is 6.58 Å². The molecule has 64 valence electrons. The Morgan fingerprint density at radius 2 is 2.45 bits per heavy atom. The third-order valence-corrected chi connectivity index (χ3v) is 2.22. The van der Waals surface area contributed by atoms with E-state index in [1.807, 2.05) is 0 Å². The fourth-order valence-electron chi connectivity index (χ4n) is 1.53. The molecule has 0 radical (unpaired) electrons. The van der Waals surface area contributed by atoms with Crippen LogP contribution in [0.25, 0.3) is 0 Å². The summed E-state index contributed by atoms with van der Waals surface area (Å²) in [6, 6.07) is 0. The third-order valence-electron chi connectivity index (χ3n) is 2.22. The van der Waals surface area contributed by atoms with Crippen molar-refractivity contribution in [3.8, 4) is 0 Å². The van der Waals surface area contributed by atoms with Crippen molar-refractivity contribution in [2.75, 3.05) is 13.1 Å². The highest BCUT2D eigenvalue weighted by Gasteiger charge is 2.22. The summed E-state index contributed by atoms with van der Waals surface area (Å²) in [5.74, 6) is 0.168. The van der Waals surface area contributed by atoms with E-state index >= 15 is 0 Å². The third kappa shape index (κ3) is 2.29. The number of nitrogens with one attached hydrogen (secondary N) is 1. The smallest absolute Gasteiger partial charge is 0.125 e. The van der Waals surface area contributed by atoms with Crippen molar-refractivity contribution in [1.82, 2.24) is 5.32 Å². The maximum absolute atomic E-state index is 13.3. The van der Waals surface area contributed by atoms with Crippen LogP contribution in [-0.2, 0) is 0 Å². The summed E-state index contributed by atoms with van der Waals surface area (Å²) < 4.78 is 13.3. The lowest BCUT2D eigenvalue weighted by Gasteiger charge is -2.25. The molecule has 1 aliphatic rings. The van der Waals surface area contributed by atoms with Crippen LogP contribution in [0.5, 0.6) is 0 Å². The fraction of sp³-hybridized carbons (Fsp3) is 0.778. The van der Waals surface area contributed by atoms with E-state index in [1.165, 1.54) is 0 Å². The molecule has 0 spiro atoms. The maximum atomic E-state index is 13.3. The molecule has 2 heteroatoms. The second kappa shape index (κ2) is 3.86. The molecule has 0 aromatic rings. The maximum Gasteiger partial charge on any atom is 0.125 e. The minimum absolute atomic E-state index is 0.168. The van der Waals surface area contributed by atoms with E-state index in [0.29, 0.717) is 5.57 Å². The van der Waals surface area contributed by atoms with Crippen molar-refractivity contribution in [2.45, 2.75) is 25.9 Å². The quantitative estimate of drug-likeness (QED) is 0.604. The standard InChI is InChI=1S/C9H16FN/c1-7(2)9(10)8-4-3-5-11-6-8/h8-9,11H,1,3-6H2,2H3. The van der Waals surface area contributed by atoms with Crippen molar-refractivity contribution >= 4 is 0 Å². The highest BCUT2D eigenvalue weighted by Crippen LogP contribution is 2.21. The molecule has 0 saturated carbocycles. The highest BCUT2D eigenvalue weighted by molar-refractivity contribution is 5.01. The van der Waals surface area contributed by atoms with Crippen LogP contribution in [0.3, 0.4) is 0 Å². The molecule has 1 nitrogen and oxygen atoms in total. The molecule has 0 aliphatic carbocycles. The van der Waals surface area contributed by atoms with Gasteiger partial charge >= 0.3 is 0 Å². The lowest BCUT2D eigenvalue weighted by molar-refractivity contribution is 0.224. The van der Waals surface area contributed by atoms with Crippen LogP contribution < -0.4 is 5.32 Å². The van der Waals surface area contributed by atoms with Crippen molar-refractivity contribution < 1.29 is 4.39 Å². The summed E-state index contributed by atoms with van der Waals surface area (Å²) in [4.78, 5) is 0. The summed E-state index contributed by atoms with van der Waals surface area (Å²) in [6.45, 7) is 7.25. The van der Waals surface area contributed by atoms with Crippen LogP contribution in [0.1, 0.15) is 19.8 Å². The van der Waals surface area contributed by atoms with Gasteiger partial charge in [-0.3, -0.25) is 0 Å². The average Bonchev–Trinajstić information content (AvgIpc) is 2.05. The van der Waals surface area contributed by atoms with E-state index in [1.54, 1.807) is 6.92 Å². The number of rotatable bonds is 2. The van der Waals surface area contributed by atoms with E-state index in [9.17, 15) is 4.39 Å². The predicted molar refractivity (Wildman–Crippen MR) is 45.3 cm³/mol. The van der Waals surface area contributed by atoms with Gasteiger partial charge in [0.25, 0.3) is 0 Å². The lowest BCUT2D eigenvalue weighted by Crippen LogP contribution is -2.35. The van der Waals surface area contributed by atoms with Gasteiger partial charge < -0.3 is 5.32 Å². The van der Waals surface area contributed by atoms with E-state index in [2.05, 4.69) is 11.9 Å². The predicted octanol–water partition coefficient (Wildman–Crippen LogP) is 1.90. The minimum atomic E-state index is -0.803. The lowest BCUT2D eigenvalue weighted by atomic mass is 9.91. The number of hydrogen-bond donors (Lipinski definition) is 1. The number of hydrogen-bond acceptors (Lipinski definition) is 1. The molecule has 1 rings (SSSR count). The molecule has 1 saturated heterocycles. The molecule has 1 fully saturated rings. The molecular formula is C9H16FN. The van der Waals surface area contributed by atoms with E-state index < -0.39 is 6.17 Å². The first kappa shape index (κ1) is 8.72. The minimum Gasteiger partial charge on any atom is -0.316 e. The van der Waals surface area contributed by atoms with E-state index in [-0.39, 0.29) is 5.92 Å². The summed E-state index contributed by atoms with van der Waals surface area (Å²) in [5.41, 5.74) is 0.665. The SMILES string of the molecule is C=C(C)C(F)C1CCCNC1. The molecule has 1 N–H and O–H groups in total. The Balaban J connectivity index is 2.38. The topological polar surface area (TPSA) is 12.0 Å². The Morgan fingerprint density at radius 1 is 1.73 bits per heavy atom. The van der Waals surface area contributed by atoms with E-state index in [0.717, 1.165) is 25.9 Å². The number of piperidine rings is 1. The van der Waals surface area contributed by atoms with Crippen molar-refractivity contribution in [1.29, 1.82) is 0 Å². The zero-order valence-corrected chi connectivity index (χ0v) is 7.07. The molecule has 2 atom stereocenters. The summed E-state index contributed by atoms with van der Waals surface area (Å²) in [7, 11) is 0. The molecule has 0 aromatic heterocycles. The van der Waals surface area contributed by atoms with Gasteiger partial charge in [-0.2, -0.15) is 0 Å².